The molecule has 5 heteroatoms. The largest absolute Gasteiger partial charge is 0.472 e. The summed E-state index contributed by atoms with van der Waals surface area (Å²) in [5.41, 5.74) is 10.2. The standard InChI is InChI=1S/C13H14N4O/c1-8-9(2)17(5-10-3-4-18-6-10)13-11(8)12(14)15-7-16-13/h3-4,6-7H,5H2,1-2H3,(H2,14,15,16). The van der Waals surface area contributed by atoms with Crippen LogP contribution in [0.25, 0.3) is 11.0 Å². The molecule has 0 saturated carbocycles. The van der Waals surface area contributed by atoms with E-state index in [0.29, 0.717) is 5.82 Å². The number of hydrogen-bond acceptors (Lipinski definition) is 4. The summed E-state index contributed by atoms with van der Waals surface area (Å²) in [4.78, 5) is 8.40. The van der Waals surface area contributed by atoms with Gasteiger partial charge >= 0.3 is 0 Å². The van der Waals surface area contributed by atoms with Crippen LogP contribution < -0.4 is 5.73 Å². The first-order valence-corrected chi connectivity index (χ1v) is 5.75. The minimum atomic E-state index is 0.534. The summed E-state index contributed by atoms with van der Waals surface area (Å²) in [6.45, 7) is 4.84. The van der Waals surface area contributed by atoms with Crippen LogP contribution in [-0.4, -0.2) is 14.5 Å². The Hall–Kier alpha value is -2.30. The first kappa shape index (κ1) is 10.8. The fourth-order valence-electron chi connectivity index (χ4n) is 2.25. The van der Waals surface area contributed by atoms with Crippen LogP contribution in [0, 0.1) is 13.8 Å². The van der Waals surface area contributed by atoms with E-state index in [2.05, 4.69) is 21.5 Å². The quantitative estimate of drug-likeness (QED) is 0.748. The third kappa shape index (κ3) is 1.48. The van der Waals surface area contributed by atoms with Gasteiger partial charge in [-0.2, -0.15) is 0 Å². The zero-order valence-electron chi connectivity index (χ0n) is 10.3. The summed E-state index contributed by atoms with van der Waals surface area (Å²) in [5.74, 6) is 0.534. The summed E-state index contributed by atoms with van der Waals surface area (Å²) in [6.07, 6.45) is 4.92. The molecule has 0 bridgehead atoms. The summed E-state index contributed by atoms with van der Waals surface area (Å²) in [6, 6.07) is 1.95. The predicted octanol–water partition coefficient (Wildman–Crippen LogP) is 2.27. The molecule has 2 N–H and O–H groups in total. The number of aromatic nitrogens is 3. The van der Waals surface area contributed by atoms with Crippen LogP contribution >= 0.6 is 0 Å². The molecule has 3 rings (SSSR count). The fourth-order valence-corrected chi connectivity index (χ4v) is 2.25. The highest BCUT2D eigenvalue weighted by atomic mass is 16.3. The van der Waals surface area contributed by atoms with Crippen LogP contribution in [0.15, 0.2) is 29.3 Å². The van der Waals surface area contributed by atoms with Crippen LogP contribution in [-0.2, 0) is 6.54 Å². The van der Waals surface area contributed by atoms with Crippen molar-refractivity contribution in [1.82, 2.24) is 14.5 Å². The molecule has 0 unspecified atom stereocenters. The Labute approximate surface area is 104 Å². The van der Waals surface area contributed by atoms with E-state index in [1.807, 2.05) is 13.0 Å². The van der Waals surface area contributed by atoms with E-state index < -0.39 is 0 Å². The Kier molecular flexibility index (Phi) is 2.33. The van der Waals surface area contributed by atoms with Gasteiger partial charge < -0.3 is 14.7 Å². The second-order valence-electron chi connectivity index (χ2n) is 4.39. The van der Waals surface area contributed by atoms with Gasteiger partial charge in [-0.1, -0.05) is 0 Å². The molecule has 0 aromatic carbocycles. The lowest BCUT2D eigenvalue weighted by molar-refractivity contribution is 0.562. The highest BCUT2D eigenvalue weighted by molar-refractivity contribution is 5.90. The molecule has 0 aliphatic carbocycles. The molecule has 0 radical (unpaired) electrons. The van der Waals surface area contributed by atoms with Crippen molar-refractivity contribution in [2.45, 2.75) is 20.4 Å². The maximum absolute atomic E-state index is 5.93. The first-order valence-electron chi connectivity index (χ1n) is 5.75. The highest BCUT2D eigenvalue weighted by Gasteiger charge is 2.15. The molecule has 0 spiro atoms. The molecule has 18 heavy (non-hydrogen) atoms. The molecule has 0 amide bonds. The van der Waals surface area contributed by atoms with E-state index in [1.54, 1.807) is 12.5 Å². The molecule has 0 aliphatic heterocycles. The van der Waals surface area contributed by atoms with Gasteiger partial charge in [-0.15, -0.1) is 0 Å². The van der Waals surface area contributed by atoms with Crippen molar-refractivity contribution in [3.63, 3.8) is 0 Å². The zero-order chi connectivity index (χ0) is 12.7. The van der Waals surface area contributed by atoms with Crippen LogP contribution in [0.4, 0.5) is 5.82 Å². The van der Waals surface area contributed by atoms with Crippen LogP contribution in [0.3, 0.4) is 0 Å². The normalized spacial score (nSPS) is 11.2. The van der Waals surface area contributed by atoms with Crippen molar-refractivity contribution in [2.24, 2.45) is 0 Å². The van der Waals surface area contributed by atoms with Gasteiger partial charge in [-0.05, 0) is 25.5 Å². The molecule has 0 atom stereocenters. The molecule has 3 heterocycles. The number of rotatable bonds is 2. The fraction of sp³-hybridized carbons (Fsp3) is 0.231. The minimum Gasteiger partial charge on any atom is -0.472 e. The van der Waals surface area contributed by atoms with E-state index >= 15 is 0 Å². The van der Waals surface area contributed by atoms with Crippen molar-refractivity contribution in [2.75, 3.05) is 5.73 Å². The second-order valence-corrected chi connectivity index (χ2v) is 4.39. The smallest absolute Gasteiger partial charge is 0.146 e. The average molecular weight is 242 g/mol. The maximum Gasteiger partial charge on any atom is 0.146 e. The van der Waals surface area contributed by atoms with Crippen molar-refractivity contribution in [3.05, 3.63) is 41.7 Å². The number of furan rings is 1. The Morgan fingerprint density at radius 3 is 2.89 bits per heavy atom. The van der Waals surface area contributed by atoms with Crippen LogP contribution in [0.5, 0.6) is 0 Å². The van der Waals surface area contributed by atoms with E-state index in [-0.39, 0.29) is 0 Å². The summed E-state index contributed by atoms with van der Waals surface area (Å²) in [7, 11) is 0. The van der Waals surface area contributed by atoms with Crippen LogP contribution in [0.2, 0.25) is 0 Å². The summed E-state index contributed by atoms with van der Waals surface area (Å²) >= 11 is 0. The highest BCUT2D eigenvalue weighted by Crippen LogP contribution is 2.27. The number of hydrogen-bond donors (Lipinski definition) is 1. The maximum atomic E-state index is 5.93. The molecule has 3 aromatic heterocycles. The van der Waals surface area contributed by atoms with Crippen molar-refractivity contribution in [3.8, 4) is 0 Å². The molecular formula is C13H14N4O. The number of nitrogens with two attached hydrogens (primary N) is 1. The number of aryl methyl sites for hydroxylation is 1. The third-order valence-electron chi connectivity index (χ3n) is 3.36. The Morgan fingerprint density at radius 1 is 1.33 bits per heavy atom. The molecule has 0 fully saturated rings. The van der Waals surface area contributed by atoms with Gasteiger partial charge in [0, 0.05) is 11.3 Å². The number of nitrogens with zero attached hydrogens (tertiary/aromatic N) is 3. The van der Waals surface area contributed by atoms with Crippen molar-refractivity contribution < 1.29 is 4.42 Å². The zero-order valence-corrected chi connectivity index (χ0v) is 10.3. The first-order chi connectivity index (χ1) is 8.68. The number of nitrogen functional groups attached to an aromatic ring is 1. The topological polar surface area (TPSA) is 69.9 Å². The van der Waals surface area contributed by atoms with E-state index in [0.717, 1.165) is 34.4 Å². The second kappa shape index (κ2) is 3.87. The molecule has 3 aromatic rings. The van der Waals surface area contributed by atoms with Crippen molar-refractivity contribution in [1.29, 1.82) is 0 Å². The van der Waals surface area contributed by atoms with Crippen molar-refractivity contribution >= 4 is 16.9 Å². The Morgan fingerprint density at radius 2 is 2.17 bits per heavy atom. The van der Waals surface area contributed by atoms with Gasteiger partial charge in [0.25, 0.3) is 0 Å². The third-order valence-corrected chi connectivity index (χ3v) is 3.36. The lowest BCUT2D eigenvalue weighted by atomic mass is 10.2. The summed E-state index contributed by atoms with van der Waals surface area (Å²) in [5, 5.41) is 0.943. The minimum absolute atomic E-state index is 0.534. The van der Waals surface area contributed by atoms with Gasteiger partial charge in [0.15, 0.2) is 0 Å². The van der Waals surface area contributed by atoms with Gasteiger partial charge in [0.05, 0.1) is 24.5 Å². The lowest BCUT2D eigenvalue weighted by Gasteiger charge is -2.05. The Bertz CT molecular complexity index is 697. The van der Waals surface area contributed by atoms with E-state index in [9.17, 15) is 0 Å². The lowest BCUT2D eigenvalue weighted by Crippen LogP contribution is -2.02. The van der Waals surface area contributed by atoms with Gasteiger partial charge in [0.2, 0.25) is 0 Å². The predicted molar refractivity (Wildman–Crippen MR) is 69.2 cm³/mol. The van der Waals surface area contributed by atoms with Gasteiger partial charge in [-0.25, -0.2) is 9.97 Å². The summed E-state index contributed by atoms with van der Waals surface area (Å²) < 4.78 is 7.23. The molecule has 0 saturated heterocycles. The molecule has 92 valence electrons. The van der Waals surface area contributed by atoms with E-state index in [4.69, 9.17) is 10.2 Å². The monoisotopic (exact) mass is 242 g/mol. The average Bonchev–Trinajstić information content (AvgIpc) is 2.94. The van der Waals surface area contributed by atoms with Crippen LogP contribution in [0.1, 0.15) is 16.8 Å². The van der Waals surface area contributed by atoms with E-state index in [1.165, 1.54) is 6.33 Å². The SMILES string of the molecule is Cc1c(C)n(Cc2ccoc2)c2ncnc(N)c12. The Balaban J connectivity index is 2.23. The number of fused-ring (bicyclic) bond motifs is 1. The van der Waals surface area contributed by atoms with Gasteiger partial charge in [-0.3, -0.25) is 0 Å². The van der Waals surface area contributed by atoms with Gasteiger partial charge in [0.1, 0.15) is 17.8 Å². The number of anilines is 1. The molecular weight excluding hydrogens is 228 g/mol. The molecule has 5 nitrogen and oxygen atoms in total. The molecule has 0 aliphatic rings.